The third-order valence-corrected chi connectivity index (χ3v) is 2.91. The molecule has 1 aromatic carbocycles. The number of aromatic nitrogens is 4. The average Bonchev–Trinajstić information content (AvgIpc) is 3.02. The number of ether oxygens (including phenoxy) is 2. The molecule has 0 saturated heterocycles. The summed E-state index contributed by atoms with van der Waals surface area (Å²) in [4.78, 5) is 23.5. The van der Waals surface area contributed by atoms with Crippen LogP contribution in [0.25, 0.3) is 5.69 Å². The summed E-state index contributed by atoms with van der Waals surface area (Å²) in [7, 11) is 2.49. The molecule has 9 heteroatoms. The van der Waals surface area contributed by atoms with Gasteiger partial charge in [-0.2, -0.15) is 4.68 Å². The molecule has 1 heterocycles. The van der Waals surface area contributed by atoms with Crippen LogP contribution in [0.1, 0.15) is 39.5 Å². The maximum absolute atomic E-state index is 11.8. The number of carbonyl (C=O) groups is 2. The molecule has 1 atom stereocenters. The zero-order valence-electron chi connectivity index (χ0n) is 12.3. The van der Waals surface area contributed by atoms with Crippen LogP contribution in [0.15, 0.2) is 18.2 Å². The highest BCUT2D eigenvalue weighted by atomic mass is 16.5. The molecule has 0 aliphatic rings. The van der Waals surface area contributed by atoms with Gasteiger partial charge in [-0.15, -0.1) is 5.10 Å². The molecule has 1 aromatic heterocycles. The van der Waals surface area contributed by atoms with Crippen LogP contribution in [0, 0.1) is 0 Å². The van der Waals surface area contributed by atoms with Gasteiger partial charge in [-0.1, -0.05) is 0 Å². The Bertz CT molecular complexity index is 676. The molecule has 22 heavy (non-hydrogen) atoms. The number of rotatable bonds is 4. The number of tetrazole rings is 1. The van der Waals surface area contributed by atoms with E-state index in [1.807, 2.05) is 0 Å². The van der Waals surface area contributed by atoms with Crippen molar-refractivity contribution in [1.29, 1.82) is 0 Å². The molecule has 1 unspecified atom stereocenters. The van der Waals surface area contributed by atoms with Crippen molar-refractivity contribution in [3.05, 3.63) is 35.2 Å². The van der Waals surface area contributed by atoms with Gasteiger partial charge in [-0.3, -0.25) is 0 Å². The minimum atomic E-state index is -0.595. The van der Waals surface area contributed by atoms with E-state index in [9.17, 15) is 9.59 Å². The second kappa shape index (κ2) is 6.31. The molecule has 0 radical (unpaired) electrons. The van der Waals surface area contributed by atoms with Crippen molar-refractivity contribution in [2.45, 2.75) is 13.0 Å². The molecular formula is C13H15N5O4. The number of benzene rings is 1. The van der Waals surface area contributed by atoms with Crippen LogP contribution >= 0.6 is 0 Å². The summed E-state index contributed by atoms with van der Waals surface area (Å²) in [6, 6.07) is 3.94. The van der Waals surface area contributed by atoms with Crippen LogP contribution in [-0.2, 0) is 9.47 Å². The lowest BCUT2D eigenvalue weighted by molar-refractivity contribution is 0.0599. The number of esters is 2. The van der Waals surface area contributed by atoms with Gasteiger partial charge in [0.1, 0.15) is 0 Å². The summed E-state index contributed by atoms with van der Waals surface area (Å²) < 4.78 is 10.7. The highest BCUT2D eigenvalue weighted by molar-refractivity contribution is 5.96. The lowest BCUT2D eigenvalue weighted by atomic mass is 10.1. The Hall–Kier alpha value is -2.81. The number of hydrogen-bond acceptors (Lipinski definition) is 8. The van der Waals surface area contributed by atoms with Gasteiger partial charge in [0, 0.05) is 0 Å². The third kappa shape index (κ3) is 2.93. The van der Waals surface area contributed by atoms with E-state index >= 15 is 0 Å². The predicted molar refractivity (Wildman–Crippen MR) is 74.4 cm³/mol. The molecule has 2 rings (SSSR count). The van der Waals surface area contributed by atoms with Crippen LogP contribution < -0.4 is 5.73 Å². The van der Waals surface area contributed by atoms with Crippen LogP contribution in [-0.4, -0.2) is 46.4 Å². The van der Waals surface area contributed by atoms with E-state index < -0.39 is 18.0 Å². The molecule has 9 nitrogen and oxygen atoms in total. The largest absolute Gasteiger partial charge is 0.465 e. The van der Waals surface area contributed by atoms with Gasteiger partial charge in [0.05, 0.1) is 37.1 Å². The smallest absolute Gasteiger partial charge is 0.337 e. The van der Waals surface area contributed by atoms with Gasteiger partial charge >= 0.3 is 11.9 Å². The molecule has 0 fully saturated rings. The predicted octanol–water partition coefficient (Wildman–Crippen LogP) is 0.255. The fraction of sp³-hybridized carbons (Fsp3) is 0.308. The van der Waals surface area contributed by atoms with E-state index in [4.69, 9.17) is 5.73 Å². The molecule has 0 spiro atoms. The fourth-order valence-electron chi connectivity index (χ4n) is 1.87. The highest BCUT2D eigenvalue weighted by Crippen LogP contribution is 2.18. The zero-order valence-corrected chi connectivity index (χ0v) is 12.3. The number of hydrogen-bond donors (Lipinski definition) is 1. The lowest BCUT2D eigenvalue weighted by Gasteiger charge is -2.10. The number of nitrogens with zero attached hydrogens (tertiary/aromatic N) is 4. The SMILES string of the molecule is COC(=O)c1cc(C(=O)OC)cc(-n2nnnc2C(C)N)c1. The van der Waals surface area contributed by atoms with Gasteiger partial charge in [0.2, 0.25) is 0 Å². The lowest BCUT2D eigenvalue weighted by Crippen LogP contribution is -2.15. The molecule has 116 valence electrons. The van der Waals surface area contributed by atoms with Gasteiger partial charge < -0.3 is 15.2 Å². The van der Waals surface area contributed by atoms with Gasteiger partial charge in [0.15, 0.2) is 5.82 Å². The Morgan fingerprint density at radius 1 is 1.14 bits per heavy atom. The van der Waals surface area contributed by atoms with E-state index in [1.54, 1.807) is 6.92 Å². The summed E-state index contributed by atoms with van der Waals surface area (Å²) in [5.74, 6) is -0.803. The Morgan fingerprint density at radius 2 is 1.68 bits per heavy atom. The van der Waals surface area contributed by atoms with E-state index in [0.717, 1.165) is 0 Å². The van der Waals surface area contributed by atoms with Crippen LogP contribution in [0.2, 0.25) is 0 Å². The molecule has 2 aromatic rings. The van der Waals surface area contributed by atoms with Crippen molar-refractivity contribution in [2.24, 2.45) is 5.73 Å². The summed E-state index contributed by atoms with van der Waals surface area (Å²) in [6.45, 7) is 1.72. The molecule has 0 amide bonds. The monoisotopic (exact) mass is 305 g/mol. The Kier molecular flexibility index (Phi) is 4.47. The summed E-state index contributed by atoms with van der Waals surface area (Å²) >= 11 is 0. The van der Waals surface area contributed by atoms with E-state index in [-0.39, 0.29) is 11.1 Å². The molecular weight excluding hydrogens is 290 g/mol. The maximum atomic E-state index is 11.8. The molecule has 0 saturated carbocycles. The van der Waals surface area contributed by atoms with E-state index in [0.29, 0.717) is 11.5 Å². The number of nitrogens with two attached hydrogens (primary N) is 1. The normalized spacial score (nSPS) is 11.8. The topological polar surface area (TPSA) is 122 Å². The summed E-state index contributed by atoms with van der Waals surface area (Å²) in [5, 5.41) is 11.2. The summed E-state index contributed by atoms with van der Waals surface area (Å²) in [5.41, 5.74) is 6.55. The van der Waals surface area contributed by atoms with Gasteiger partial charge in [0.25, 0.3) is 0 Å². The first-order chi connectivity index (χ1) is 10.5. The van der Waals surface area contributed by atoms with Crippen molar-refractivity contribution in [2.75, 3.05) is 14.2 Å². The maximum Gasteiger partial charge on any atom is 0.337 e. The minimum Gasteiger partial charge on any atom is -0.465 e. The second-order valence-corrected chi connectivity index (χ2v) is 4.49. The third-order valence-electron chi connectivity index (χ3n) is 2.91. The van der Waals surface area contributed by atoms with Crippen molar-refractivity contribution in [3.8, 4) is 5.69 Å². The van der Waals surface area contributed by atoms with Crippen LogP contribution in [0.3, 0.4) is 0 Å². The van der Waals surface area contributed by atoms with Crippen LogP contribution in [0.5, 0.6) is 0 Å². The fourth-order valence-corrected chi connectivity index (χ4v) is 1.87. The Labute approximate surface area is 126 Å². The highest BCUT2D eigenvalue weighted by Gasteiger charge is 2.18. The standard InChI is InChI=1S/C13H15N5O4/c1-7(14)11-15-16-17-18(11)10-5-8(12(19)21-2)4-9(6-10)13(20)22-3/h4-7H,14H2,1-3H3. The van der Waals surface area contributed by atoms with Gasteiger partial charge in [-0.25, -0.2) is 9.59 Å². The molecule has 0 aliphatic heterocycles. The van der Waals surface area contributed by atoms with Crippen molar-refractivity contribution >= 4 is 11.9 Å². The molecule has 0 aliphatic carbocycles. The zero-order chi connectivity index (χ0) is 16.3. The summed E-state index contributed by atoms with van der Waals surface area (Å²) in [6.07, 6.45) is 0. The first-order valence-electron chi connectivity index (χ1n) is 6.34. The number of carbonyl (C=O) groups excluding carboxylic acids is 2. The van der Waals surface area contributed by atoms with Crippen molar-refractivity contribution in [1.82, 2.24) is 20.2 Å². The van der Waals surface area contributed by atoms with E-state index in [2.05, 4.69) is 25.0 Å². The first-order valence-corrected chi connectivity index (χ1v) is 6.34. The molecule has 2 N–H and O–H groups in total. The van der Waals surface area contributed by atoms with Crippen LogP contribution in [0.4, 0.5) is 0 Å². The second-order valence-electron chi connectivity index (χ2n) is 4.49. The van der Waals surface area contributed by atoms with Gasteiger partial charge in [-0.05, 0) is 35.5 Å². The van der Waals surface area contributed by atoms with E-state index in [1.165, 1.54) is 37.1 Å². The van der Waals surface area contributed by atoms with Crippen molar-refractivity contribution < 1.29 is 19.1 Å². The number of methoxy groups -OCH3 is 2. The Morgan fingerprint density at radius 3 is 2.14 bits per heavy atom. The van der Waals surface area contributed by atoms with Crippen molar-refractivity contribution in [3.63, 3.8) is 0 Å². The molecule has 0 bridgehead atoms. The quantitative estimate of drug-likeness (QED) is 0.798. The first kappa shape index (κ1) is 15.6. The Balaban J connectivity index is 2.61. The average molecular weight is 305 g/mol. The minimum absolute atomic E-state index is 0.173.